The van der Waals surface area contributed by atoms with Gasteiger partial charge in [0.1, 0.15) is 5.69 Å². The van der Waals surface area contributed by atoms with Crippen molar-refractivity contribution in [1.29, 1.82) is 0 Å². The Labute approximate surface area is 161 Å². The summed E-state index contributed by atoms with van der Waals surface area (Å²) in [5.41, 5.74) is 0.987. The highest BCUT2D eigenvalue weighted by atomic mass is 35.5. The minimum atomic E-state index is -0.385. The molecule has 0 saturated carbocycles. The molecule has 8 heteroatoms. The number of pyridine rings is 1. The average Bonchev–Trinajstić information content (AvgIpc) is 2.65. The number of hydrogen-bond acceptors (Lipinski definition) is 4. The minimum absolute atomic E-state index is 0.173. The van der Waals surface area contributed by atoms with Gasteiger partial charge in [0.05, 0.1) is 10.7 Å². The quantitative estimate of drug-likeness (QED) is 0.871. The van der Waals surface area contributed by atoms with E-state index in [4.69, 9.17) is 23.2 Å². The molecule has 1 saturated heterocycles. The van der Waals surface area contributed by atoms with Crippen LogP contribution in [0.3, 0.4) is 0 Å². The number of rotatable bonds is 3. The molecular formula is C18H18Cl2N4O2. The second-order valence-electron chi connectivity index (χ2n) is 6.10. The Hall–Kier alpha value is -2.15. The first-order valence-electron chi connectivity index (χ1n) is 8.14. The molecule has 0 aliphatic carbocycles. The molecule has 3 rings (SSSR count). The van der Waals surface area contributed by atoms with Gasteiger partial charge in [-0.2, -0.15) is 0 Å². The highest BCUT2D eigenvalue weighted by molar-refractivity contribution is 6.35. The number of halogens is 2. The Kier molecular flexibility index (Phi) is 5.76. The predicted octanol–water partition coefficient (Wildman–Crippen LogP) is 3.03. The van der Waals surface area contributed by atoms with E-state index in [-0.39, 0.29) is 17.5 Å². The maximum atomic E-state index is 12.6. The Balaban J connectivity index is 1.75. The maximum Gasteiger partial charge on any atom is 0.272 e. The third kappa shape index (κ3) is 4.33. The van der Waals surface area contributed by atoms with Crippen molar-refractivity contribution in [2.45, 2.75) is 0 Å². The molecule has 0 bridgehead atoms. The number of amides is 2. The molecule has 0 spiro atoms. The van der Waals surface area contributed by atoms with Gasteiger partial charge in [0, 0.05) is 43.0 Å². The molecule has 1 aliphatic heterocycles. The Morgan fingerprint density at radius 2 is 1.81 bits per heavy atom. The van der Waals surface area contributed by atoms with Crippen LogP contribution >= 0.6 is 23.2 Å². The lowest BCUT2D eigenvalue weighted by Gasteiger charge is -2.32. The second kappa shape index (κ2) is 8.03. The summed E-state index contributed by atoms with van der Waals surface area (Å²) in [7, 11) is 2.02. The molecule has 0 unspecified atom stereocenters. The normalized spacial score (nSPS) is 15.0. The number of aromatic nitrogens is 1. The molecular weight excluding hydrogens is 375 g/mol. The lowest BCUT2D eigenvalue weighted by Crippen LogP contribution is -2.47. The van der Waals surface area contributed by atoms with Gasteiger partial charge in [-0.25, -0.2) is 0 Å². The van der Waals surface area contributed by atoms with E-state index in [1.54, 1.807) is 29.2 Å². The summed E-state index contributed by atoms with van der Waals surface area (Å²) in [6.45, 7) is 2.93. The van der Waals surface area contributed by atoms with E-state index in [0.29, 0.717) is 34.4 Å². The first kappa shape index (κ1) is 18.6. The number of nitrogens with one attached hydrogen (secondary N) is 1. The number of benzene rings is 1. The van der Waals surface area contributed by atoms with Crippen molar-refractivity contribution in [1.82, 2.24) is 14.8 Å². The minimum Gasteiger partial charge on any atom is -0.335 e. The van der Waals surface area contributed by atoms with Crippen molar-refractivity contribution < 1.29 is 9.59 Å². The van der Waals surface area contributed by atoms with Crippen molar-refractivity contribution in [2.75, 3.05) is 38.5 Å². The lowest BCUT2D eigenvalue weighted by molar-refractivity contribution is 0.0658. The van der Waals surface area contributed by atoms with Crippen LogP contribution in [0.25, 0.3) is 0 Å². The third-order valence-electron chi connectivity index (χ3n) is 4.21. The Bertz CT molecular complexity index is 836. The zero-order valence-corrected chi connectivity index (χ0v) is 15.7. The summed E-state index contributed by atoms with van der Waals surface area (Å²) < 4.78 is 0. The molecule has 1 aromatic heterocycles. The number of likely N-dealkylation sites (N-methyl/N-ethyl adjacent to an activating group) is 1. The second-order valence-corrected chi connectivity index (χ2v) is 6.95. The van der Waals surface area contributed by atoms with E-state index in [1.807, 2.05) is 7.05 Å². The number of carbonyl (C=O) groups excluding carboxylic acids is 2. The van der Waals surface area contributed by atoms with Gasteiger partial charge in [0.2, 0.25) is 0 Å². The van der Waals surface area contributed by atoms with Gasteiger partial charge in [-0.1, -0.05) is 23.2 Å². The summed E-state index contributed by atoms with van der Waals surface area (Å²) in [6, 6.07) is 7.86. The summed E-state index contributed by atoms with van der Waals surface area (Å²) in [4.78, 5) is 33.1. The molecule has 0 atom stereocenters. The molecule has 2 amide bonds. The van der Waals surface area contributed by atoms with E-state index in [1.165, 1.54) is 12.3 Å². The van der Waals surface area contributed by atoms with Crippen LogP contribution < -0.4 is 5.32 Å². The van der Waals surface area contributed by atoms with Crippen LogP contribution in [0.15, 0.2) is 36.5 Å². The highest BCUT2D eigenvalue weighted by Crippen LogP contribution is 2.26. The molecule has 26 heavy (non-hydrogen) atoms. The SMILES string of the molecule is CN1CCN(C(=O)c2cc(C(=O)Nc3cc(Cl)ccc3Cl)ccn2)CC1. The monoisotopic (exact) mass is 392 g/mol. The fraction of sp³-hybridized carbons (Fsp3) is 0.278. The van der Waals surface area contributed by atoms with Gasteiger partial charge < -0.3 is 15.1 Å². The van der Waals surface area contributed by atoms with Gasteiger partial charge in [-0.05, 0) is 37.4 Å². The van der Waals surface area contributed by atoms with E-state index in [0.717, 1.165) is 13.1 Å². The van der Waals surface area contributed by atoms with E-state index in [2.05, 4.69) is 15.2 Å². The molecule has 1 fully saturated rings. The summed E-state index contributed by atoms with van der Waals surface area (Å²) in [5, 5.41) is 3.55. The number of hydrogen-bond donors (Lipinski definition) is 1. The Morgan fingerprint density at radius 3 is 2.54 bits per heavy atom. The number of anilines is 1. The van der Waals surface area contributed by atoms with E-state index >= 15 is 0 Å². The van der Waals surface area contributed by atoms with Crippen LogP contribution in [0, 0.1) is 0 Å². The molecule has 2 heterocycles. The standard InChI is InChI=1S/C18H18Cl2N4O2/c1-23-6-8-24(9-7-23)18(26)16-10-12(4-5-21-16)17(25)22-15-11-13(19)2-3-14(15)20/h2-5,10-11H,6-9H2,1H3,(H,22,25). The average molecular weight is 393 g/mol. The summed E-state index contributed by atoms with van der Waals surface area (Å²) in [5.74, 6) is -0.558. The van der Waals surface area contributed by atoms with Gasteiger partial charge in [-0.15, -0.1) is 0 Å². The maximum absolute atomic E-state index is 12.6. The van der Waals surface area contributed by atoms with E-state index in [9.17, 15) is 9.59 Å². The highest BCUT2D eigenvalue weighted by Gasteiger charge is 2.22. The zero-order valence-electron chi connectivity index (χ0n) is 14.2. The summed E-state index contributed by atoms with van der Waals surface area (Å²) >= 11 is 12.0. The first-order valence-corrected chi connectivity index (χ1v) is 8.90. The largest absolute Gasteiger partial charge is 0.335 e. The fourth-order valence-electron chi connectivity index (χ4n) is 2.65. The van der Waals surface area contributed by atoms with Gasteiger partial charge in [0.15, 0.2) is 0 Å². The van der Waals surface area contributed by atoms with Crippen molar-refractivity contribution in [3.63, 3.8) is 0 Å². The van der Waals surface area contributed by atoms with Crippen LogP contribution in [0.5, 0.6) is 0 Å². The van der Waals surface area contributed by atoms with Crippen LogP contribution in [-0.4, -0.2) is 59.8 Å². The lowest BCUT2D eigenvalue weighted by atomic mass is 10.2. The van der Waals surface area contributed by atoms with Crippen molar-refractivity contribution >= 4 is 40.7 Å². The molecule has 1 aliphatic rings. The van der Waals surface area contributed by atoms with Crippen molar-refractivity contribution in [3.05, 3.63) is 57.8 Å². The molecule has 136 valence electrons. The van der Waals surface area contributed by atoms with Crippen LogP contribution in [-0.2, 0) is 0 Å². The van der Waals surface area contributed by atoms with Crippen LogP contribution in [0.2, 0.25) is 10.0 Å². The predicted molar refractivity (Wildman–Crippen MR) is 102 cm³/mol. The van der Waals surface area contributed by atoms with Crippen LogP contribution in [0.1, 0.15) is 20.8 Å². The van der Waals surface area contributed by atoms with Gasteiger partial charge in [-0.3, -0.25) is 14.6 Å². The van der Waals surface area contributed by atoms with Crippen molar-refractivity contribution in [2.24, 2.45) is 0 Å². The van der Waals surface area contributed by atoms with Gasteiger partial charge in [0.25, 0.3) is 11.8 Å². The molecule has 6 nitrogen and oxygen atoms in total. The number of nitrogens with zero attached hydrogens (tertiary/aromatic N) is 3. The molecule has 1 aromatic carbocycles. The Morgan fingerprint density at radius 1 is 1.08 bits per heavy atom. The van der Waals surface area contributed by atoms with Crippen LogP contribution in [0.4, 0.5) is 5.69 Å². The number of carbonyl (C=O) groups is 2. The van der Waals surface area contributed by atoms with Crippen molar-refractivity contribution in [3.8, 4) is 0 Å². The smallest absolute Gasteiger partial charge is 0.272 e. The number of piperazine rings is 1. The molecule has 0 radical (unpaired) electrons. The summed E-state index contributed by atoms with van der Waals surface area (Å²) in [6.07, 6.45) is 1.46. The topological polar surface area (TPSA) is 65.5 Å². The van der Waals surface area contributed by atoms with Gasteiger partial charge >= 0.3 is 0 Å². The third-order valence-corrected chi connectivity index (χ3v) is 4.77. The molecule has 1 N–H and O–H groups in total. The molecule has 2 aromatic rings. The first-order chi connectivity index (χ1) is 12.4. The van der Waals surface area contributed by atoms with E-state index < -0.39 is 0 Å². The zero-order chi connectivity index (χ0) is 18.7. The fourth-order valence-corrected chi connectivity index (χ4v) is 2.98.